The molecule has 2 heterocycles. The van der Waals surface area contributed by atoms with Crippen LogP contribution in [0.4, 0.5) is 5.69 Å². The van der Waals surface area contributed by atoms with Gasteiger partial charge in [0.05, 0.1) is 12.5 Å². The molecule has 2 aliphatic rings. The SMILES string of the molecule is CCOC(=O)CNC(=O)C1CCN(C(=O)C2CC(=O)N(c3ccc(C)cc3)C2)CC1. The summed E-state index contributed by atoms with van der Waals surface area (Å²) >= 11 is 0. The van der Waals surface area contributed by atoms with Crippen LogP contribution in [0, 0.1) is 18.8 Å². The van der Waals surface area contributed by atoms with Crippen LogP contribution in [0.3, 0.4) is 0 Å². The van der Waals surface area contributed by atoms with Crippen LogP contribution in [0.2, 0.25) is 0 Å². The van der Waals surface area contributed by atoms with Crippen molar-refractivity contribution in [1.82, 2.24) is 10.2 Å². The minimum absolute atomic E-state index is 0.0247. The Morgan fingerprint density at radius 1 is 1.10 bits per heavy atom. The zero-order valence-electron chi connectivity index (χ0n) is 17.6. The van der Waals surface area contributed by atoms with Crippen molar-refractivity contribution < 1.29 is 23.9 Å². The van der Waals surface area contributed by atoms with Crippen LogP contribution in [-0.2, 0) is 23.9 Å². The first kappa shape index (κ1) is 21.8. The van der Waals surface area contributed by atoms with Crippen molar-refractivity contribution in [3.8, 4) is 0 Å². The van der Waals surface area contributed by atoms with Gasteiger partial charge in [0, 0.05) is 37.7 Å². The van der Waals surface area contributed by atoms with Gasteiger partial charge < -0.3 is 19.9 Å². The molecule has 0 spiro atoms. The summed E-state index contributed by atoms with van der Waals surface area (Å²) in [4.78, 5) is 52.4. The summed E-state index contributed by atoms with van der Waals surface area (Å²) < 4.78 is 4.80. The van der Waals surface area contributed by atoms with E-state index < -0.39 is 5.97 Å². The summed E-state index contributed by atoms with van der Waals surface area (Å²) in [5, 5.41) is 2.60. The number of amides is 3. The van der Waals surface area contributed by atoms with Gasteiger partial charge in [-0.15, -0.1) is 0 Å². The molecule has 1 N–H and O–H groups in total. The highest BCUT2D eigenvalue weighted by Gasteiger charge is 2.38. The van der Waals surface area contributed by atoms with Gasteiger partial charge >= 0.3 is 5.97 Å². The summed E-state index contributed by atoms with van der Waals surface area (Å²) in [6, 6.07) is 7.71. The molecule has 2 aliphatic heterocycles. The second-order valence-corrected chi connectivity index (χ2v) is 7.86. The minimum Gasteiger partial charge on any atom is -0.465 e. The average Bonchev–Trinajstić information content (AvgIpc) is 3.14. The van der Waals surface area contributed by atoms with Crippen LogP contribution < -0.4 is 10.2 Å². The molecule has 0 radical (unpaired) electrons. The lowest BCUT2D eigenvalue weighted by atomic mass is 9.94. The molecule has 2 fully saturated rings. The van der Waals surface area contributed by atoms with E-state index in [2.05, 4.69) is 5.32 Å². The molecule has 8 heteroatoms. The molecule has 0 aliphatic carbocycles. The number of likely N-dealkylation sites (tertiary alicyclic amines) is 1. The number of piperidine rings is 1. The number of ether oxygens (including phenoxy) is 1. The predicted molar refractivity (Wildman–Crippen MR) is 111 cm³/mol. The number of nitrogens with one attached hydrogen (secondary N) is 1. The van der Waals surface area contributed by atoms with Gasteiger partial charge in [-0.1, -0.05) is 17.7 Å². The second-order valence-electron chi connectivity index (χ2n) is 7.86. The molecule has 3 rings (SSSR count). The highest BCUT2D eigenvalue weighted by Crippen LogP contribution is 2.28. The van der Waals surface area contributed by atoms with E-state index in [1.807, 2.05) is 31.2 Å². The average molecular weight is 415 g/mol. The molecule has 8 nitrogen and oxygen atoms in total. The van der Waals surface area contributed by atoms with Gasteiger partial charge in [0.2, 0.25) is 17.7 Å². The topological polar surface area (TPSA) is 96.0 Å². The molecule has 1 aromatic carbocycles. The lowest BCUT2D eigenvalue weighted by Gasteiger charge is -2.32. The van der Waals surface area contributed by atoms with E-state index in [4.69, 9.17) is 4.74 Å². The maximum absolute atomic E-state index is 12.9. The number of carbonyl (C=O) groups excluding carboxylic acids is 4. The minimum atomic E-state index is -0.456. The largest absolute Gasteiger partial charge is 0.465 e. The zero-order chi connectivity index (χ0) is 21.7. The van der Waals surface area contributed by atoms with Gasteiger partial charge in [-0.2, -0.15) is 0 Å². The molecular weight excluding hydrogens is 386 g/mol. The van der Waals surface area contributed by atoms with Crippen LogP contribution in [-0.4, -0.2) is 61.4 Å². The van der Waals surface area contributed by atoms with Gasteiger partial charge in [-0.05, 0) is 38.8 Å². The second kappa shape index (κ2) is 9.73. The highest BCUT2D eigenvalue weighted by atomic mass is 16.5. The van der Waals surface area contributed by atoms with Crippen LogP contribution in [0.15, 0.2) is 24.3 Å². The summed E-state index contributed by atoms with van der Waals surface area (Å²) in [5.74, 6) is -1.28. The predicted octanol–water partition coefficient (Wildman–Crippen LogP) is 1.27. The molecule has 0 bridgehead atoms. The molecule has 1 atom stereocenters. The zero-order valence-corrected chi connectivity index (χ0v) is 17.6. The van der Waals surface area contributed by atoms with E-state index in [9.17, 15) is 19.2 Å². The Morgan fingerprint density at radius 3 is 2.40 bits per heavy atom. The Morgan fingerprint density at radius 2 is 1.77 bits per heavy atom. The highest BCUT2D eigenvalue weighted by molar-refractivity contribution is 6.00. The Balaban J connectivity index is 1.48. The Kier molecular flexibility index (Phi) is 7.07. The molecule has 162 valence electrons. The van der Waals surface area contributed by atoms with Crippen molar-refractivity contribution >= 4 is 29.4 Å². The van der Waals surface area contributed by atoms with E-state index in [0.717, 1.165) is 11.3 Å². The third-order valence-electron chi connectivity index (χ3n) is 5.71. The molecular formula is C22H29N3O5. The molecule has 0 aromatic heterocycles. The fraction of sp³-hybridized carbons (Fsp3) is 0.545. The number of esters is 1. The monoisotopic (exact) mass is 415 g/mol. The van der Waals surface area contributed by atoms with Gasteiger partial charge in [-0.3, -0.25) is 19.2 Å². The lowest BCUT2D eigenvalue weighted by Crippen LogP contribution is -2.46. The molecule has 0 saturated carbocycles. The maximum Gasteiger partial charge on any atom is 0.325 e. The van der Waals surface area contributed by atoms with Crippen molar-refractivity contribution in [3.05, 3.63) is 29.8 Å². The Labute approximate surface area is 176 Å². The maximum atomic E-state index is 12.9. The summed E-state index contributed by atoms with van der Waals surface area (Å²) in [5.41, 5.74) is 1.94. The van der Waals surface area contributed by atoms with Crippen molar-refractivity contribution in [1.29, 1.82) is 0 Å². The van der Waals surface area contributed by atoms with Crippen LogP contribution >= 0.6 is 0 Å². The lowest BCUT2D eigenvalue weighted by molar-refractivity contribution is -0.144. The fourth-order valence-corrected chi connectivity index (χ4v) is 3.98. The summed E-state index contributed by atoms with van der Waals surface area (Å²) in [7, 11) is 0. The smallest absolute Gasteiger partial charge is 0.325 e. The first-order valence-corrected chi connectivity index (χ1v) is 10.5. The number of carbonyl (C=O) groups is 4. The van der Waals surface area contributed by atoms with Crippen molar-refractivity contribution in [2.45, 2.75) is 33.1 Å². The number of aryl methyl sites for hydroxylation is 1. The van der Waals surface area contributed by atoms with E-state index in [0.29, 0.717) is 32.5 Å². The molecule has 2 saturated heterocycles. The number of nitrogens with zero attached hydrogens (tertiary/aromatic N) is 2. The number of rotatable bonds is 6. The van der Waals surface area contributed by atoms with E-state index >= 15 is 0 Å². The standard InChI is InChI=1S/C22H29N3O5/c1-3-30-20(27)13-23-21(28)16-8-10-24(11-9-16)22(29)17-12-19(26)25(14-17)18-6-4-15(2)5-7-18/h4-7,16-17H,3,8-14H2,1-2H3,(H,23,28). The first-order valence-electron chi connectivity index (χ1n) is 10.5. The van der Waals surface area contributed by atoms with Crippen LogP contribution in [0.25, 0.3) is 0 Å². The molecule has 1 unspecified atom stereocenters. The number of hydrogen-bond donors (Lipinski definition) is 1. The van der Waals surface area contributed by atoms with Crippen molar-refractivity contribution in [3.63, 3.8) is 0 Å². The first-order chi connectivity index (χ1) is 14.4. The van der Waals surface area contributed by atoms with Crippen molar-refractivity contribution in [2.24, 2.45) is 11.8 Å². The molecule has 1 aromatic rings. The van der Waals surface area contributed by atoms with Crippen LogP contribution in [0.1, 0.15) is 31.7 Å². The third-order valence-corrected chi connectivity index (χ3v) is 5.71. The Bertz CT molecular complexity index is 799. The molecule has 3 amide bonds. The van der Waals surface area contributed by atoms with Gasteiger partial charge in [0.15, 0.2) is 0 Å². The Hall–Kier alpha value is -2.90. The normalized spacial score (nSPS) is 19.7. The van der Waals surface area contributed by atoms with Gasteiger partial charge in [0.25, 0.3) is 0 Å². The van der Waals surface area contributed by atoms with E-state index in [1.54, 1.807) is 16.7 Å². The number of hydrogen-bond acceptors (Lipinski definition) is 5. The van der Waals surface area contributed by atoms with E-state index in [-0.39, 0.29) is 49.1 Å². The number of anilines is 1. The fourth-order valence-electron chi connectivity index (χ4n) is 3.98. The summed E-state index contributed by atoms with van der Waals surface area (Å²) in [6.45, 7) is 5.19. The number of benzene rings is 1. The van der Waals surface area contributed by atoms with Crippen molar-refractivity contribution in [2.75, 3.05) is 37.7 Å². The van der Waals surface area contributed by atoms with Gasteiger partial charge in [0.1, 0.15) is 6.54 Å². The quantitative estimate of drug-likeness (QED) is 0.706. The molecule has 30 heavy (non-hydrogen) atoms. The van der Waals surface area contributed by atoms with E-state index in [1.165, 1.54) is 0 Å². The van der Waals surface area contributed by atoms with Crippen LogP contribution in [0.5, 0.6) is 0 Å². The third kappa shape index (κ3) is 5.17. The van der Waals surface area contributed by atoms with Gasteiger partial charge in [-0.25, -0.2) is 0 Å². The summed E-state index contributed by atoms with van der Waals surface area (Å²) in [6.07, 6.45) is 1.30.